The summed E-state index contributed by atoms with van der Waals surface area (Å²) in [5, 5.41) is 30.8. The van der Waals surface area contributed by atoms with Crippen molar-refractivity contribution in [2.75, 3.05) is 11.1 Å². The summed E-state index contributed by atoms with van der Waals surface area (Å²) in [4.78, 5) is 25.3. The highest BCUT2D eigenvalue weighted by atomic mass is 32.2. The van der Waals surface area contributed by atoms with Crippen LogP contribution in [-0.2, 0) is 17.6 Å². The standard InChI is InChI=1S/C18H17N5O4S2/c19-15(26)14-11-2-1-3-12(11)29-17(14)20-13(25)8-28-18-22-21-16(23(18)27)9-4-6-10(24)7-5-9/h4-7,24,27H,1-3,8H2,(H2,19,26)(H,20,25). The zero-order valence-corrected chi connectivity index (χ0v) is 16.7. The smallest absolute Gasteiger partial charge is 0.251 e. The molecule has 29 heavy (non-hydrogen) atoms. The van der Waals surface area contributed by atoms with E-state index in [-0.39, 0.29) is 28.4 Å². The maximum Gasteiger partial charge on any atom is 0.251 e. The molecule has 0 saturated carbocycles. The molecule has 1 aliphatic carbocycles. The Morgan fingerprint density at radius 3 is 2.72 bits per heavy atom. The lowest BCUT2D eigenvalue weighted by atomic mass is 10.1. The number of rotatable bonds is 6. The van der Waals surface area contributed by atoms with Gasteiger partial charge in [-0.3, -0.25) is 9.59 Å². The molecule has 9 nitrogen and oxygen atoms in total. The number of nitrogens with two attached hydrogens (primary N) is 1. The fourth-order valence-electron chi connectivity index (χ4n) is 3.19. The molecule has 0 spiro atoms. The second-order valence-corrected chi connectivity index (χ2v) is 8.48. The molecule has 0 fully saturated rings. The average molecular weight is 431 g/mol. The Hall–Kier alpha value is -3.05. The van der Waals surface area contributed by atoms with Crippen molar-refractivity contribution in [3.8, 4) is 17.1 Å². The number of hydrogen-bond acceptors (Lipinski definition) is 8. The number of aromatic nitrogens is 3. The van der Waals surface area contributed by atoms with Crippen molar-refractivity contribution >= 4 is 39.9 Å². The van der Waals surface area contributed by atoms with Crippen molar-refractivity contribution in [2.45, 2.75) is 24.4 Å². The van der Waals surface area contributed by atoms with E-state index in [1.54, 1.807) is 12.1 Å². The Morgan fingerprint density at radius 2 is 2.00 bits per heavy atom. The molecule has 0 radical (unpaired) electrons. The molecule has 0 atom stereocenters. The number of thiophene rings is 1. The minimum atomic E-state index is -0.541. The molecular formula is C18H17N5O4S2. The van der Waals surface area contributed by atoms with E-state index in [0.717, 1.165) is 46.2 Å². The summed E-state index contributed by atoms with van der Waals surface area (Å²) in [6.07, 6.45) is 2.67. The number of fused-ring (bicyclic) bond motifs is 1. The van der Waals surface area contributed by atoms with Crippen molar-refractivity contribution in [1.29, 1.82) is 0 Å². The van der Waals surface area contributed by atoms with Crippen LogP contribution in [0.15, 0.2) is 29.4 Å². The molecule has 150 valence electrons. The SMILES string of the molecule is NC(=O)c1c(NC(=O)CSc2nnc(-c3ccc(O)cc3)n2O)sc2c1CCC2. The van der Waals surface area contributed by atoms with Crippen molar-refractivity contribution in [3.05, 3.63) is 40.3 Å². The molecule has 11 heteroatoms. The highest BCUT2D eigenvalue weighted by Gasteiger charge is 2.26. The molecule has 0 saturated heterocycles. The monoisotopic (exact) mass is 431 g/mol. The van der Waals surface area contributed by atoms with E-state index in [1.807, 2.05) is 0 Å². The number of aromatic hydroxyl groups is 1. The van der Waals surface area contributed by atoms with Gasteiger partial charge in [0.15, 0.2) is 5.82 Å². The summed E-state index contributed by atoms with van der Waals surface area (Å²) >= 11 is 2.39. The summed E-state index contributed by atoms with van der Waals surface area (Å²) < 4.78 is 0.791. The highest BCUT2D eigenvalue weighted by Crippen LogP contribution is 2.39. The van der Waals surface area contributed by atoms with Gasteiger partial charge in [0.25, 0.3) is 5.91 Å². The molecule has 1 aliphatic rings. The average Bonchev–Trinajstić information content (AvgIpc) is 3.35. The van der Waals surface area contributed by atoms with E-state index in [2.05, 4.69) is 15.5 Å². The third-order valence-electron chi connectivity index (χ3n) is 4.49. The molecule has 0 aliphatic heterocycles. The molecule has 4 rings (SSSR count). The van der Waals surface area contributed by atoms with Gasteiger partial charge in [0.2, 0.25) is 11.1 Å². The lowest BCUT2D eigenvalue weighted by Crippen LogP contribution is -2.19. The molecule has 0 bridgehead atoms. The van der Waals surface area contributed by atoms with Gasteiger partial charge in [0.05, 0.1) is 11.3 Å². The van der Waals surface area contributed by atoms with Crippen molar-refractivity contribution in [2.24, 2.45) is 5.73 Å². The topological polar surface area (TPSA) is 143 Å². The summed E-state index contributed by atoms with van der Waals surface area (Å²) in [7, 11) is 0. The predicted octanol–water partition coefficient (Wildman–Crippen LogP) is 2.27. The summed E-state index contributed by atoms with van der Waals surface area (Å²) in [6.45, 7) is 0. The third kappa shape index (κ3) is 3.78. The number of phenolic OH excluding ortho intramolecular Hbond substituents is 1. The van der Waals surface area contributed by atoms with Crippen LogP contribution in [-0.4, -0.2) is 42.8 Å². The van der Waals surface area contributed by atoms with Gasteiger partial charge in [-0.1, -0.05) is 11.8 Å². The lowest BCUT2D eigenvalue weighted by molar-refractivity contribution is -0.113. The van der Waals surface area contributed by atoms with E-state index in [4.69, 9.17) is 5.73 Å². The van der Waals surface area contributed by atoms with E-state index >= 15 is 0 Å². The van der Waals surface area contributed by atoms with Gasteiger partial charge >= 0.3 is 0 Å². The highest BCUT2D eigenvalue weighted by molar-refractivity contribution is 7.99. The van der Waals surface area contributed by atoms with Crippen LogP contribution in [0.3, 0.4) is 0 Å². The van der Waals surface area contributed by atoms with Crippen LogP contribution in [0.25, 0.3) is 11.4 Å². The number of nitrogens with zero attached hydrogens (tertiary/aromatic N) is 3. The number of nitrogens with one attached hydrogen (secondary N) is 1. The number of aryl methyl sites for hydroxylation is 1. The summed E-state index contributed by atoms with van der Waals surface area (Å²) in [5.74, 6) is -0.625. The third-order valence-corrected chi connectivity index (χ3v) is 6.62. The number of thioether (sulfide) groups is 1. The Balaban J connectivity index is 1.43. The number of carbonyl (C=O) groups is 2. The van der Waals surface area contributed by atoms with Gasteiger partial charge in [0.1, 0.15) is 10.8 Å². The second-order valence-electron chi connectivity index (χ2n) is 6.43. The Bertz CT molecular complexity index is 1090. The molecular weight excluding hydrogens is 414 g/mol. The molecule has 0 unspecified atom stereocenters. The number of phenols is 1. The van der Waals surface area contributed by atoms with Crippen LogP contribution < -0.4 is 11.1 Å². The quantitative estimate of drug-likeness (QED) is 0.346. The first kappa shape index (κ1) is 19.3. The van der Waals surface area contributed by atoms with Crippen LogP contribution in [0.5, 0.6) is 5.75 Å². The van der Waals surface area contributed by atoms with Crippen LogP contribution >= 0.6 is 23.1 Å². The molecule has 2 aromatic heterocycles. The molecule has 3 aromatic rings. The van der Waals surface area contributed by atoms with Crippen LogP contribution in [0.4, 0.5) is 5.00 Å². The first-order valence-corrected chi connectivity index (χ1v) is 10.6. The number of carbonyl (C=O) groups excluding carboxylic acids is 2. The van der Waals surface area contributed by atoms with Gasteiger partial charge in [-0.25, -0.2) is 0 Å². The predicted molar refractivity (Wildman–Crippen MR) is 109 cm³/mol. The fraction of sp³-hybridized carbons (Fsp3) is 0.222. The zero-order valence-electron chi connectivity index (χ0n) is 15.1. The van der Waals surface area contributed by atoms with Crippen molar-refractivity contribution < 1.29 is 19.9 Å². The lowest BCUT2D eigenvalue weighted by Gasteiger charge is -2.06. The first-order chi connectivity index (χ1) is 13.9. The number of anilines is 1. The summed E-state index contributed by atoms with van der Waals surface area (Å²) in [6, 6.07) is 6.13. The maximum atomic E-state index is 12.4. The van der Waals surface area contributed by atoms with E-state index in [9.17, 15) is 19.9 Å². The van der Waals surface area contributed by atoms with E-state index in [1.165, 1.54) is 23.5 Å². The van der Waals surface area contributed by atoms with Crippen LogP contribution in [0.1, 0.15) is 27.2 Å². The summed E-state index contributed by atoms with van der Waals surface area (Å²) in [5.41, 5.74) is 7.41. The minimum absolute atomic E-state index is 0.0327. The Labute approximate surface area is 173 Å². The number of amides is 2. The normalized spacial score (nSPS) is 12.7. The maximum absolute atomic E-state index is 12.4. The van der Waals surface area contributed by atoms with Crippen LogP contribution in [0.2, 0.25) is 0 Å². The molecule has 2 heterocycles. The van der Waals surface area contributed by atoms with Crippen LogP contribution in [0, 0.1) is 0 Å². The zero-order chi connectivity index (χ0) is 20.5. The van der Waals surface area contributed by atoms with Gasteiger partial charge in [0, 0.05) is 10.4 Å². The number of benzene rings is 1. The molecule has 5 N–H and O–H groups in total. The largest absolute Gasteiger partial charge is 0.508 e. The minimum Gasteiger partial charge on any atom is -0.508 e. The number of hydrogen-bond donors (Lipinski definition) is 4. The van der Waals surface area contributed by atoms with E-state index < -0.39 is 5.91 Å². The van der Waals surface area contributed by atoms with E-state index in [0.29, 0.717) is 16.1 Å². The second kappa shape index (κ2) is 7.76. The Kier molecular flexibility index (Phi) is 5.16. The van der Waals surface area contributed by atoms with Gasteiger partial charge in [-0.2, -0.15) is 0 Å². The molecule has 2 amide bonds. The van der Waals surface area contributed by atoms with Crippen molar-refractivity contribution in [3.63, 3.8) is 0 Å². The van der Waals surface area contributed by atoms with Crippen molar-refractivity contribution in [1.82, 2.24) is 14.9 Å². The van der Waals surface area contributed by atoms with Gasteiger partial charge in [-0.05, 0) is 49.1 Å². The molecule has 1 aromatic carbocycles. The first-order valence-electron chi connectivity index (χ1n) is 8.75. The van der Waals surface area contributed by atoms with Gasteiger partial charge in [-0.15, -0.1) is 26.3 Å². The number of primary amides is 1. The fourth-order valence-corrected chi connectivity index (χ4v) is 5.14. The van der Waals surface area contributed by atoms with Gasteiger partial charge < -0.3 is 21.4 Å². The Morgan fingerprint density at radius 1 is 1.24 bits per heavy atom.